The van der Waals surface area contributed by atoms with Crippen LogP contribution in [0.4, 0.5) is 0 Å². The fraction of sp³-hybridized carbons (Fsp3) is 0.630. The normalized spacial score (nSPS) is 15.7. The van der Waals surface area contributed by atoms with E-state index in [-0.39, 0.29) is 31.5 Å². The Hall–Kier alpha value is -9.57. The molecule has 0 aromatic carbocycles. The van der Waals surface area contributed by atoms with Crippen LogP contribution >= 0.6 is 11.8 Å². The summed E-state index contributed by atoms with van der Waals surface area (Å²) < 4.78 is 0. The van der Waals surface area contributed by atoms with Gasteiger partial charge in [-0.15, -0.1) is 0 Å². The lowest BCUT2D eigenvalue weighted by molar-refractivity contribution is -0.142. The minimum Gasteiger partial charge on any atom is -0.481 e. The average molecular weight is 1360 g/mol. The van der Waals surface area contributed by atoms with Gasteiger partial charge < -0.3 is 112 Å². The number of carboxylic acid groups (broad SMARTS) is 3. The van der Waals surface area contributed by atoms with Crippen LogP contribution in [0.2, 0.25) is 0 Å². The van der Waals surface area contributed by atoms with Crippen LogP contribution in [-0.4, -0.2) is 242 Å². The quantitative estimate of drug-likeness (QED) is 0.0270. The van der Waals surface area contributed by atoms with E-state index < -0.39 is 231 Å². The number of nitrogens with one attached hydrogen (secondary N) is 14. The van der Waals surface area contributed by atoms with Gasteiger partial charge in [-0.2, -0.15) is 11.8 Å². The zero-order chi connectivity index (χ0) is 70.8. The van der Waals surface area contributed by atoms with E-state index in [0.717, 1.165) is 6.92 Å². The molecule has 1 saturated heterocycles. The van der Waals surface area contributed by atoms with E-state index in [2.05, 4.69) is 79.1 Å². The summed E-state index contributed by atoms with van der Waals surface area (Å²) in [7, 11) is 0. The molecule has 0 saturated carbocycles. The van der Waals surface area contributed by atoms with Gasteiger partial charge in [0.15, 0.2) is 0 Å². The van der Waals surface area contributed by atoms with Gasteiger partial charge in [-0.25, -0.2) is 9.78 Å². The summed E-state index contributed by atoms with van der Waals surface area (Å²) in [6.07, 6.45) is 1.53. The molecule has 524 valence electrons. The number of carbonyl (C=O) groups excluding carboxylic acids is 14. The second-order valence-electron chi connectivity index (χ2n) is 21.9. The molecule has 0 spiro atoms. The largest absolute Gasteiger partial charge is 0.481 e. The van der Waals surface area contributed by atoms with E-state index in [1.165, 1.54) is 38.1 Å². The molecule has 0 bridgehead atoms. The van der Waals surface area contributed by atoms with Gasteiger partial charge in [-0.1, -0.05) is 13.8 Å². The van der Waals surface area contributed by atoms with Crippen LogP contribution in [0, 0.1) is 5.92 Å². The number of H-pyrrole nitrogens is 1. The van der Waals surface area contributed by atoms with Crippen molar-refractivity contribution in [3.8, 4) is 0 Å². The highest BCUT2D eigenvalue weighted by molar-refractivity contribution is 7.98. The smallest absolute Gasteiger partial charge is 0.326 e. The third kappa shape index (κ3) is 30.2. The second-order valence-corrected chi connectivity index (χ2v) is 22.9. The van der Waals surface area contributed by atoms with Crippen LogP contribution in [0.1, 0.15) is 97.1 Å². The Bertz CT molecular complexity index is 2840. The maximum atomic E-state index is 14.0. The molecule has 0 radical (unpaired) electrons. The predicted octanol–water partition coefficient (Wildman–Crippen LogP) is -9.49. The van der Waals surface area contributed by atoms with Gasteiger partial charge in [0.25, 0.3) is 0 Å². The third-order valence-electron chi connectivity index (χ3n) is 13.9. The highest BCUT2D eigenvalue weighted by Crippen LogP contribution is 2.11. The van der Waals surface area contributed by atoms with Crippen molar-refractivity contribution in [3.05, 3.63) is 18.2 Å². The number of amides is 14. The summed E-state index contributed by atoms with van der Waals surface area (Å²) in [5.74, 6) is -19.7. The summed E-state index contributed by atoms with van der Waals surface area (Å²) in [5.41, 5.74) is 16.5. The number of nitrogens with zero attached hydrogens (tertiary/aromatic N) is 1. The zero-order valence-corrected chi connectivity index (χ0v) is 52.9. The van der Waals surface area contributed by atoms with Crippen molar-refractivity contribution in [1.29, 1.82) is 0 Å². The summed E-state index contributed by atoms with van der Waals surface area (Å²) in [4.78, 5) is 226. The number of aliphatic hydroxyl groups is 1. The Morgan fingerprint density at radius 3 is 1.60 bits per heavy atom. The first-order valence-corrected chi connectivity index (χ1v) is 31.0. The van der Waals surface area contributed by atoms with Crippen molar-refractivity contribution in [2.24, 2.45) is 23.1 Å². The minimum atomic E-state index is -1.90. The van der Waals surface area contributed by atoms with Crippen LogP contribution in [0.3, 0.4) is 0 Å². The van der Waals surface area contributed by atoms with Crippen LogP contribution in [0.15, 0.2) is 12.5 Å². The number of aromatic nitrogens is 2. The number of nitrogens with two attached hydrogens (primary N) is 3. The van der Waals surface area contributed by atoms with Crippen LogP contribution < -0.4 is 86.3 Å². The summed E-state index contributed by atoms with van der Waals surface area (Å²) >= 11 is 1.28. The van der Waals surface area contributed by atoms with E-state index in [0.29, 0.717) is 31.6 Å². The highest BCUT2D eigenvalue weighted by Gasteiger charge is 2.36. The Kier molecular flexibility index (Phi) is 35.8. The van der Waals surface area contributed by atoms with Gasteiger partial charge in [0.2, 0.25) is 82.7 Å². The van der Waals surface area contributed by atoms with Gasteiger partial charge in [-0.05, 0) is 82.9 Å². The molecular weight excluding hydrogens is 1270 g/mol. The topological polar surface area (TPSA) is 634 Å². The molecule has 0 unspecified atom stereocenters. The summed E-state index contributed by atoms with van der Waals surface area (Å²) in [6, 6.07) is -17.0. The monoisotopic (exact) mass is 1350 g/mol. The molecule has 0 aliphatic carbocycles. The van der Waals surface area contributed by atoms with Gasteiger partial charge in [0.05, 0.1) is 51.3 Å². The van der Waals surface area contributed by atoms with E-state index in [1.54, 1.807) is 6.26 Å². The number of thioether (sulfide) groups is 1. The number of carbonyl (C=O) groups is 17. The van der Waals surface area contributed by atoms with E-state index in [4.69, 9.17) is 17.2 Å². The predicted molar refractivity (Wildman–Crippen MR) is 327 cm³/mol. The standard InChI is InChI=1S/C54H86N18O21S/c1-25(2)43(72-49(87)29(8-5-6-13-55)64-39(76)21-61-46(84)35(19-42(80)81)70-47(85)28-9-7-14-59-28)53(91)71-33(17-37(56)74)45(83)60-22-40(77)65-36(23-73)52(90)69-32(16-27-20-58-24-62-27)50(88)66-30(10-11-41(78)79)48(86)63-26(3)44(82)68-34(18-38(57)75)51(89)67-31(54(92)93)12-15-94-4/h20,24-26,28-36,43,59,73H,5-19,21-23,55H2,1-4H3,(H2,56,74)(H2,57,75)(H,58,62)(H,60,83)(H,61,84)(H,63,86)(H,64,76)(H,65,77)(H,66,88)(H,67,89)(H,68,82)(H,69,90)(H,70,85)(H,71,91)(H,72,87)(H,78,79)(H,80,81)(H,92,93)/t26-,28-,29-,30-,31-,32-,33-,34-,35-,36-,43-/m0/s1. The number of imidazole rings is 1. The molecule has 39 nitrogen and oxygen atoms in total. The Morgan fingerprint density at radius 1 is 0.574 bits per heavy atom. The van der Waals surface area contributed by atoms with E-state index in [1.807, 2.05) is 0 Å². The van der Waals surface area contributed by atoms with Gasteiger partial charge in [-0.3, -0.25) is 76.7 Å². The number of aromatic amines is 1. The van der Waals surface area contributed by atoms with Crippen LogP contribution in [0.5, 0.6) is 0 Å². The van der Waals surface area contributed by atoms with E-state index >= 15 is 0 Å². The van der Waals surface area contributed by atoms with Gasteiger partial charge >= 0.3 is 17.9 Å². The lowest BCUT2D eigenvalue weighted by Crippen LogP contribution is -2.60. The van der Waals surface area contributed by atoms with Crippen molar-refractivity contribution in [2.45, 2.75) is 164 Å². The molecule has 40 heteroatoms. The summed E-state index contributed by atoms with van der Waals surface area (Å²) in [5, 5.41) is 68.9. The lowest BCUT2D eigenvalue weighted by atomic mass is 10.0. The number of carboxylic acids is 3. The van der Waals surface area contributed by atoms with Crippen molar-refractivity contribution in [3.63, 3.8) is 0 Å². The number of hydrogen-bond acceptors (Lipinski definition) is 22. The minimum absolute atomic E-state index is 0.0281. The van der Waals surface area contributed by atoms with Gasteiger partial charge in [0, 0.05) is 24.7 Å². The number of rotatable bonds is 45. The van der Waals surface area contributed by atoms with Crippen LogP contribution in [-0.2, 0) is 87.9 Å². The zero-order valence-electron chi connectivity index (χ0n) is 52.1. The molecular formula is C54H86N18O21S. The van der Waals surface area contributed by atoms with Crippen molar-refractivity contribution in [2.75, 3.05) is 44.8 Å². The molecule has 14 amide bonds. The number of primary amides is 2. The number of hydrogen-bond donors (Lipinski definition) is 21. The van der Waals surface area contributed by atoms with Gasteiger partial charge in [0.1, 0.15) is 60.4 Å². The summed E-state index contributed by atoms with van der Waals surface area (Å²) in [6.45, 7) is 1.88. The molecule has 94 heavy (non-hydrogen) atoms. The van der Waals surface area contributed by atoms with Crippen molar-refractivity contribution >= 4 is 112 Å². The maximum absolute atomic E-state index is 14.0. The highest BCUT2D eigenvalue weighted by atomic mass is 32.2. The molecule has 1 aliphatic rings. The van der Waals surface area contributed by atoms with E-state index in [9.17, 15) is 102 Å². The molecule has 11 atom stereocenters. The fourth-order valence-corrected chi connectivity index (χ4v) is 9.28. The SMILES string of the molecule is CSCC[C@H](NC(=O)[C@H](CC(N)=O)NC(=O)[C@H](C)NC(=O)[C@H](CCC(=O)O)NC(=O)[C@H](Cc1cnc[nH]1)NC(=O)[C@H](CO)NC(=O)CNC(=O)[C@H](CC(N)=O)NC(=O)[C@@H](NC(=O)[C@H](CCCCN)NC(=O)CNC(=O)[C@H](CC(=O)O)NC(=O)[C@@H]1CCCN1)C(C)C)C(=O)O. The third-order valence-corrected chi connectivity index (χ3v) is 14.5. The van der Waals surface area contributed by atoms with Crippen LogP contribution in [0.25, 0.3) is 0 Å². The molecule has 2 heterocycles. The molecule has 1 aromatic heterocycles. The molecule has 24 N–H and O–H groups in total. The number of aliphatic hydroxyl groups excluding tert-OH is 1. The number of unbranched alkanes of at least 4 members (excludes halogenated alkanes) is 1. The Morgan fingerprint density at radius 2 is 1.09 bits per heavy atom. The Balaban J connectivity index is 2.22. The first-order valence-electron chi connectivity index (χ1n) is 29.6. The molecule has 2 rings (SSSR count). The maximum Gasteiger partial charge on any atom is 0.326 e. The first kappa shape index (κ1) is 80.5. The second kappa shape index (κ2) is 41.8. The number of aliphatic carboxylic acids is 3. The lowest BCUT2D eigenvalue weighted by Gasteiger charge is -2.27. The molecule has 1 aliphatic heterocycles. The Labute approximate surface area is 542 Å². The first-order chi connectivity index (χ1) is 44.3. The van der Waals surface area contributed by atoms with Crippen molar-refractivity contribution < 1.29 is 102 Å². The molecule has 1 fully saturated rings. The fourth-order valence-electron chi connectivity index (χ4n) is 8.81. The average Bonchev–Trinajstić information content (AvgIpc) is 1.14. The van der Waals surface area contributed by atoms with Crippen molar-refractivity contribution in [1.82, 2.24) is 79.1 Å². The molecule has 1 aromatic rings.